The quantitative estimate of drug-likeness (QED) is 0.817. The third-order valence-corrected chi connectivity index (χ3v) is 3.30. The fraction of sp³-hybridized carbons (Fsp3) is 0.455. The number of nitrogens with zero attached hydrogens (tertiary/aromatic N) is 2. The summed E-state index contributed by atoms with van der Waals surface area (Å²) in [5.74, 6) is 0.380. The van der Waals surface area contributed by atoms with Crippen LogP contribution in [0.1, 0.15) is 24.8 Å². The monoisotopic (exact) mass is 298 g/mol. The number of aliphatic imine (C=N–C) groups is 1. The Morgan fingerprint density at radius 3 is 3.00 bits per heavy atom. The third kappa shape index (κ3) is 2.95. The Bertz CT molecular complexity index is 430. The number of aromatic nitrogens is 1. The van der Waals surface area contributed by atoms with E-state index < -0.39 is 0 Å². The van der Waals surface area contributed by atoms with Gasteiger partial charge in [-0.15, -0.1) is 0 Å². The molecule has 1 fully saturated rings. The molecule has 1 atom stereocenters. The van der Waals surface area contributed by atoms with Crippen molar-refractivity contribution in [3.8, 4) is 0 Å². The lowest BCUT2D eigenvalue weighted by atomic mass is 10.2. The molecule has 0 spiro atoms. The number of halogens is 1. The van der Waals surface area contributed by atoms with Crippen LogP contribution in [0, 0.1) is 0 Å². The average Bonchev–Trinajstić information content (AvgIpc) is 2.35. The smallest absolute Gasteiger partial charge is 0.148 e. The van der Waals surface area contributed by atoms with Gasteiger partial charge in [-0.3, -0.25) is 4.99 Å². The van der Waals surface area contributed by atoms with E-state index in [2.05, 4.69) is 25.9 Å². The van der Waals surface area contributed by atoms with E-state index >= 15 is 0 Å². The molecule has 1 aliphatic rings. The molecule has 0 amide bonds. The molecule has 0 aliphatic carbocycles. The zero-order valence-electron chi connectivity index (χ0n) is 9.40. The fourth-order valence-corrected chi connectivity index (χ4v) is 1.98. The molecule has 2 heterocycles. The molecule has 17 heavy (non-hydrogen) atoms. The van der Waals surface area contributed by atoms with Gasteiger partial charge in [-0.05, 0) is 35.2 Å². The second-order valence-corrected chi connectivity index (χ2v) is 4.77. The van der Waals surface area contributed by atoms with Gasteiger partial charge in [0.15, 0.2) is 0 Å². The predicted molar refractivity (Wildman–Crippen MR) is 71.9 cm³/mol. The molecule has 1 aromatic heterocycles. The summed E-state index contributed by atoms with van der Waals surface area (Å²) >= 11 is 3.31. The third-order valence-electron chi connectivity index (χ3n) is 2.67. The van der Waals surface area contributed by atoms with Crippen molar-refractivity contribution in [3.63, 3.8) is 0 Å². The molecule has 0 aromatic carbocycles. The molecule has 4 N–H and O–H groups in total. The number of anilines is 2. The number of hydrogen-bond acceptors (Lipinski definition) is 5. The van der Waals surface area contributed by atoms with Crippen LogP contribution in [-0.2, 0) is 4.74 Å². The topological polar surface area (TPSA) is 86.5 Å². The Labute approximate surface area is 108 Å². The van der Waals surface area contributed by atoms with Gasteiger partial charge in [-0.2, -0.15) is 0 Å². The predicted octanol–water partition coefficient (Wildman–Crippen LogP) is 1.95. The van der Waals surface area contributed by atoms with E-state index in [9.17, 15) is 0 Å². The van der Waals surface area contributed by atoms with Crippen LogP contribution in [0.3, 0.4) is 0 Å². The summed E-state index contributed by atoms with van der Waals surface area (Å²) in [6.07, 6.45) is 6.34. The second-order valence-electron chi connectivity index (χ2n) is 3.92. The zero-order chi connectivity index (χ0) is 12.3. The molecular formula is C11H15BrN4O. The second kappa shape index (κ2) is 5.46. The van der Waals surface area contributed by atoms with E-state index in [-0.39, 0.29) is 6.23 Å². The molecule has 0 radical (unpaired) electrons. The van der Waals surface area contributed by atoms with Crippen molar-refractivity contribution in [3.05, 3.63) is 16.2 Å². The van der Waals surface area contributed by atoms with Crippen molar-refractivity contribution in [1.82, 2.24) is 4.98 Å². The Morgan fingerprint density at radius 1 is 1.47 bits per heavy atom. The van der Waals surface area contributed by atoms with Crippen LogP contribution >= 0.6 is 15.9 Å². The fourth-order valence-electron chi connectivity index (χ4n) is 1.67. The van der Waals surface area contributed by atoms with Crippen LogP contribution in [-0.4, -0.2) is 24.0 Å². The van der Waals surface area contributed by atoms with Crippen LogP contribution in [0.4, 0.5) is 11.5 Å². The van der Waals surface area contributed by atoms with E-state index in [4.69, 9.17) is 16.2 Å². The standard InChI is InChI=1S/C11H15BrN4O/c12-8-6-16-11(14)7(10(8)13)5-15-9-3-1-2-4-17-9/h5-6,9H,1-4H2,(H4,13,14,16). The highest BCUT2D eigenvalue weighted by Gasteiger charge is 2.12. The van der Waals surface area contributed by atoms with Crippen molar-refractivity contribution < 1.29 is 4.74 Å². The minimum Gasteiger partial charge on any atom is -0.397 e. The Hall–Kier alpha value is -1.14. The lowest BCUT2D eigenvalue weighted by Gasteiger charge is -2.18. The number of rotatable bonds is 2. The van der Waals surface area contributed by atoms with Gasteiger partial charge >= 0.3 is 0 Å². The first-order valence-electron chi connectivity index (χ1n) is 5.52. The normalized spacial score (nSPS) is 20.9. The van der Waals surface area contributed by atoms with Crippen molar-refractivity contribution >= 4 is 33.6 Å². The van der Waals surface area contributed by atoms with Gasteiger partial charge in [0.1, 0.15) is 12.0 Å². The van der Waals surface area contributed by atoms with E-state index in [0.717, 1.165) is 30.3 Å². The van der Waals surface area contributed by atoms with Gasteiger partial charge in [-0.1, -0.05) is 0 Å². The minimum absolute atomic E-state index is 0.0819. The maximum atomic E-state index is 5.90. The Balaban J connectivity index is 2.17. The van der Waals surface area contributed by atoms with Gasteiger partial charge in [0.05, 0.1) is 15.7 Å². The summed E-state index contributed by atoms with van der Waals surface area (Å²) in [6, 6.07) is 0. The first-order valence-corrected chi connectivity index (χ1v) is 6.32. The Kier molecular flexibility index (Phi) is 3.96. The van der Waals surface area contributed by atoms with Crippen molar-refractivity contribution in [1.29, 1.82) is 0 Å². The van der Waals surface area contributed by atoms with Crippen LogP contribution < -0.4 is 11.5 Å². The molecule has 1 aromatic rings. The molecule has 0 bridgehead atoms. The number of nitrogens with two attached hydrogens (primary N) is 2. The lowest BCUT2D eigenvalue weighted by molar-refractivity contribution is 0.0227. The lowest BCUT2D eigenvalue weighted by Crippen LogP contribution is -2.17. The minimum atomic E-state index is -0.0819. The number of nitrogen functional groups attached to an aromatic ring is 2. The van der Waals surface area contributed by atoms with Crippen molar-refractivity contribution in [2.24, 2.45) is 4.99 Å². The summed E-state index contributed by atoms with van der Waals surface area (Å²) in [5.41, 5.74) is 12.9. The highest BCUT2D eigenvalue weighted by molar-refractivity contribution is 9.10. The van der Waals surface area contributed by atoms with Crippen LogP contribution in [0.2, 0.25) is 0 Å². The van der Waals surface area contributed by atoms with Gasteiger partial charge in [0.2, 0.25) is 0 Å². The van der Waals surface area contributed by atoms with Crippen molar-refractivity contribution in [2.75, 3.05) is 18.1 Å². The highest BCUT2D eigenvalue weighted by atomic mass is 79.9. The van der Waals surface area contributed by atoms with Gasteiger partial charge in [0.25, 0.3) is 0 Å². The van der Waals surface area contributed by atoms with E-state index in [1.807, 2.05) is 0 Å². The molecule has 5 nitrogen and oxygen atoms in total. The summed E-state index contributed by atoms with van der Waals surface area (Å²) in [5, 5.41) is 0. The summed E-state index contributed by atoms with van der Waals surface area (Å²) in [6.45, 7) is 0.768. The van der Waals surface area contributed by atoms with E-state index in [1.54, 1.807) is 12.4 Å². The molecule has 92 valence electrons. The summed E-state index contributed by atoms with van der Waals surface area (Å²) in [7, 11) is 0. The molecule has 2 rings (SSSR count). The van der Waals surface area contributed by atoms with Gasteiger partial charge < -0.3 is 16.2 Å². The molecular weight excluding hydrogens is 284 g/mol. The highest BCUT2D eigenvalue weighted by Crippen LogP contribution is 2.25. The first-order chi connectivity index (χ1) is 8.18. The molecule has 6 heteroatoms. The molecule has 0 saturated carbocycles. The average molecular weight is 299 g/mol. The van der Waals surface area contributed by atoms with Crippen LogP contribution in [0.15, 0.2) is 15.7 Å². The largest absolute Gasteiger partial charge is 0.397 e. The SMILES string of the molecule is Nc1ncc(Br)c(N)c1C=NC1CCCCO1. The van der Waals surface area contributed by atoms with Crippen molar-refractivity contribution in [2.45, 2.75) is 25.5 Å². The Morgan fingerprint density at radius 2 is 2.29 bits per heavy atom. The number of ether oxygens (including phenoxy) is 1. The van der Waals surface area contributed by atoms with Crippen LogP contribution in [0.25, 0.3) is 0 Å². The number of pyridine rings is 1. The molecule has 1 aliphatic heterocycles. The summed E-state index contributed by atoms with van der Waals surface area (Å²) < 4.78 is 6.22. The summed E-state index contributed by atoms with van der Waals surface area (Å²) in [4.78, 5) is 8.37. The number of hydrogen-bond donors (Lipinski definition) is 2. The molecule has 1 saturated heterocycles. The maximum absolute atomic E-state index is 5.90. The first kappa shape index (κ1) is 12.3. The zero-order valence-corrected chi connectivity index (χ0v) is 11.0. The van der Waals surface area contributed by atoms with E-state index in [0.29, 0.717) is 17.1 Å². The maximum Gasteiger partial charge on any atom is 0.148 e. The van der Waals surface area contributed by atoms with E-state index in [1.165, 1.54) is 0 Å². The van der Waals surface area contributed by atoms with Crippen LogP contribution in [0.5, 0.6) is 0 Å². The molecule has 1 unspecified atom stereocenters. The van der Waals surface area contributed by atoms with Gasteiger partial charge in [-0.25, -0.2) is 4.98 Å². The van der Waals surface area contributed by atoms with Gasteiger partial charge in [0, 0.05) is 19.0 Å².